The van der Waals surface area contributed by atoms with Crippen LogP contribution in [0.4, 0.5) is 0 Å². The molecule has 1 aromatic rings. The standard InChI is InChI=1S/C34H54N4O8/c1-26(2)23-44-31(40)19-35-11-13-36(20-32(41)45-24-27(3)4)15-17-38(34(43)30-9-7-29(22-39)8-10-30)18-16-37(14-12-35)21-33(42)46-25-28(5)6/h7-10,22,26-28H,11-21,23-25H2,1-6H3. The van der Waals surface area contributed by atoms with Crippen LogP contribution in [0.3, 0.4) is 0 Å². The van der Waals surface area contributed by atoms with E-state index in [4.69, 9.17) is 14.2 Å². The second-order valence-corrected chi connectivity index (χ2v) is 13.1. The number of hydrogen-bond donors (Lipinski definition) is 0. The number of amides is 1. The molecule has 1 aromatic carbocycles. The number of hydrogen-bond acceptors (Lipinski definition) is 11. The van der Waals surface area contributed by atoms with Crippen molar-refractivity contribution in [3.8, 4) is 0 Å². The van der Waals surface area contributed by atoms with Crippen molar-refractivity contribution in [2.24, 2.45) is 17.8 Å². The van der Waals surface area contributed by atoms with Crippen molar-refractivity contribution in [2.45, 2.75) is 41.5 Å². The predicted molar refractivity (Wildman–Crippen MR) is 174 cm³/mol. The highest BCUT2D eigenvalue weighted by Crippen LogP contribution is 2.10. The maximum atomic E-state index is 13.7. The summed E-state index contributed by atoms with van der Waals surface area (Å²) in [6, 6.07) is 6.46. The van der Waals surface area contributed by atoms with Crippen LogP contribution >= 0.6 is 0 Å². The Morgan fingerprint density at radius 2 is 0.913 bits per heavy atom. The van der Waals surface area contributed by atoms with Gasteiger partial charge in [-0.3, -0.25) is 38.7 Å². The molecule has 46 heavy (non-hydrogen) atoms. The smallest absolute Gasteiger partial charge is 0.320 e. The first-order valence-corrected chi connectivity index (χ1v) is 16.3. The minimum Gasteiger partial charge on any atom is -0.464 e. The Labute approximate surface area is 274 Å². The van der Waals surface area contributed by atoms with Crippen LogP contribution in [0.5, 0.6) is 0 Å². The number of aldehydes is 1. The summed E-state index contributed by atoms with van der Waals surface area (Å²) in [4.78, 5) is 70.5. The van der Waals surface area contributed by atoms with Crippen LogP contribution in [0.1, 0.15) is 62.3 Å². The molecule has 1 fully saturated rings. The van der Waals surface area contributed by atoms with E-state index in [1.54, 1.807) is 29.2 Å². The van der Waals surface area contributed by atoms with Gasteiger partial charge in [0.15, 0.2) is 0 Å². The number of esters is 3. The van der Waals surface area contributed by atoms with Crippen LogP contribution in [0.25, 0.3) is 0 Å². The highest BCUT2D eigenvalue weighted by molar-refractivity contribution is 5.95. The SMILES string of the molecule is CC(C)COC(=O)CN1CCN(CC(=O)OCC(C)C)CCN(C(=O)c2ccc(C=O)cc2)CCN(CC(=O)OCC(C)C)CC1. The summed E-state index contributed by atoms with van der Waals surface area (Å²) < 4.78 is 16.3. The molecule has 258 valence electrons. The minimum absolute atomic E-state index is 0.0439. The number of ether oxygens (including phenoxy) is 3. The van der Waals surface area contributed by atoms with Gasteiger partial charge in [0.05, 0.1) is 39.5 Å². The van der Waals surface area contributed by atoms with Gasteiger partial charge in [0.1, 0.15) is 6.29 Å². The van der Waals surface area contributed by atoms with Crippen LogP contribution in [0.2, 0.25) is 0 Å². The summed E-state index contributed by atoms with van der Waals surface area (Å²) in [5.74, 6) is -0.630. The molecular weight excluding hydrogens is 592 g/mol. The van der Waals surface area contributed by atoms with Gasteiger partial charge in [0, 0.05) is 63.5 Å². The lowest BCUT2D eigenvalue weighted by Gasteiger charge is -2.33. The predicted octanol–water partition coefficient (Wildman–Crippen LogP) is 2.46. The molecular formula is C34H54N4O8. The van der Waals surface area contributed by atoms with Crippen molar-refractivity contribution >= 4 is 30.1 Å². The van der Waals surface area contributed by atoms with Gasteiger partial charge >= 0.3 is 17.9 Å². The monoisotopic (exact) mass is 646 g/mol. The van der Waals surface area contributed by atoms with Gasteiger partial charge in [-0.1, -0.05) is 53.7 Å². The molecule has 0 atom stereocenters. The number of carbonyl (C=O) groups excluding carboxylic acids is 5. The van der Waals surface area contributed by atoms with Gasteiger partial charge in [0.2, 0.25) is 0 Å². The molecule has 0 saturated carbocycles. The lowest BCUT2D eigenvalue weighted by Crippen LogP contribution is -2.49. The van der Waals surface area contributed by atoms with Crippen LogP contribution in [0.15, 0.2) is 24.3 Å². The Kier molecular flexibility index (Phi) is 17.5. The highest BCUT2D eigenvalue weighted by Gasteiger charge is 2.24. The first kappa shape index (κ1) is 38.8. The van der Waals surface area contributed by atoms with Crippen molar-refractivity contribution in [3.05, 3.63) is 35.4 Å². The Morgan fingerprint density at radius 3 is 1.22 bits per heavy atom. The quantitative estimate of drug-likeness (QED) is 0.168. The van der Waals surface area contributed by atoms with E-state index in [2.05, 4.69) is 0 Å². The van der Waals surface area contributed by atoms with Gasteiger partial charge in [-0.25, -0.2) is 0 Å². The number of benzene rings is 1. The fourth-order valence-electron chi connectivity index (χ4n) is 4.56. The molecule has 0 unspecified atom stereocenters. The summed E-state index contributed by atoms with van der Waals surface area (Å²) in [5, 5.41) is 0. The molecule has 0 N–H and O–H groups in total. The topological polar surface area (TPSA) is 126 Å². The average Bonchev–Trinajstić information content (AvgIpc) is 3.01. The molecule has 0 radical (unpaired) electrons. The molecule has 0 aliphatic carbocycles. The van der Waals surface area contributed by atoms with Crippen LogP contribution < -0.4 is 0 Å². The van der Waals surface area contributed by atoms with Crippen molar-refractivity contribution in [1.29, 1.82) is 0 Å². The van der Waals surface area contributed by atoms with E-state index in [-0.39, 0.29) is 61.2 Å². The maximum Gasteiger partial charge on any atom is 0.320 e. The van der Waals surface area contributed by atoms with Crippen molar-refractivity contribution < 1.29 is 38.2 Å². The molecule has 1 heterocycles. The lowest BCUT2D eigenvalue weighted by molar-refractivity contribution is -0.148. The first-order valence-electron chi connectivity index (χ1n) is 16.3. The Morgan fingerprint density at radius 1 is 0.587 bits per heavy atom. The van der Waals surface area contributed by atoms with E-state index in [1.165, 1.54) is 0 Å². The zero-order valence-electron chi connectivity index (χ0n) is 28.6. The number of rotatable bonds is 14. The van der Waals surface area contributed by atoms with Crippen LogP contribution in [0, 0.1) is 17.8 Å². The van der Waals surface area contributed by atoms with E-state index in [1.807, 2.05) is 56.2 Å². The fourth-order valence-corrected chi connectivity index (χ4v) is 4.56. The zero-order valence-corrected chi connectivity index (χ0v) is 28.6. The fraction of sp³-hybridized carbons (Fsp3) is 0.676. The molecule has 12 heteroatoms. The third-order valence-electron chi connectivity index (χ3n) is 7.21. The van der Waals surface area contributed by atoms with Crippen LogP contribution in [-0.4, -0.2) is 142 Å². The van der Waals surface area contributed by atoms with Crippen molar-refractivity contribution in [1.82, 2.24) is 19.6 Å². The van der Waals surface area contributed by atoms with Gasteiger partial charge in [-0.05, 0) is 29.9 Å². The largest absolute Gasteiger partial charge is 0.464 e. The summed E-state index contributed by atoms with van der Waals surface area (Å²) >= 11 is 0. The Balaban J connectivity index is 2.30. The molecule has 1 saturated heterocycles. The summed E-state index contributed by atoms with van der Waals surface area (Å²) in [7, 11) is 0. The van der Waals surface area contributed by atoms with Crippen molar-refractivity contribution in [3.63, 3.8) is 0 Å². The second-order valence-electron chi connectivity index (χ2n) is 13.1. The maximum absolute atomic E-state index is 13.7. The normalized spacial score (nSPS) is 16.2. The second kappa shape index (κ2) is 20.7. The summed E-state index contributed by atoms with van der Waals surface area (Å²) in [6.45, 7) is 16.2. The minimum atomic E-state index is -0.350. The molecule has 1 amide bonds. The van der Waals surface area contributed by atoms with E-state index in [0.29, 0.717) is 83.3 Å². The molecule has 1 aliphatic heterocycles. The third-order valence-corrected chi connectivity index (χ3v) is 7.21. The van der Waals surface area contributed by atoms with Crippen molar-refractivity contribution in [2.75, 3.05) is 91.8 Å². The van der Waals surface area contributed by atoms with E-state index in [0.717, 1.165) is 6.29 Å². The van der Waals surface area contributed by atoms with E-state index < -0.39 is 0 Å². The van der Waals surface area contributed by atoms with E-state index >= 15 is 0 Å². The average molecular weight is 647 g/mol. The number of nitrogens with zero attached hydrogens (tertiary/aromatic N) is 4. The molecule has 0 bridgehead atoms. The third kappa shape index (κ3) is 15.8. The Hall–Kier alpha value is -3.35. The molecule has 0 aromatic heterocycles. The number of carbonyl (C=O) groups is 5. The molecule has 2 rings (SSSR count). The van der Waals surface area contributed by atoms with Gasteiger partial charge in [-0.15, -0.1) is 0 Å². The molecule has 12 nitrogen and oxygen atoms in total. The summed E-state index contributed by atoms with van der Waals surface area (Å²) in [5.41, 5.74) is 0.912. The lowest BCUT2D eigenvalue weighted by atomic mass is 10.1. The van der Waals surface area contributed by atoms with Gasteiger partial charge in [-0.2, -0.15) is 0 Å². The van der Waals surface area contributed by atoms with Crippen LogP contribution in [-0.2, 0) is 28.6 Å². The zero-order chi connectivity index (χ0) is 34.1. The van der Waals surface area contributed by atoms with E-state index in [9.17, 15) is 24.0 Å². The van der Waals surface area contributed by atoms with Gasteiger partial charge in [0.25, 0.3) is 5.91 Å². The van der Waals surface area contributed by atoms with Gasteiger partial charge < -0.3 is 19.1 Å². The Bertz CT molecular complexity index is 1070. The summed E-state index contributed by atoms with van der Waals surface area (Å²) in [6.07, 6.45) is 0.726. The highest BCUT2D eigenvalue weighted by atomic mass is 16.5. The first-order chi connectivity index (χ1) is 21.9. The molecule has 1 aliphatic rings. The molecule has 0 spiro atoms.